The number of hydrogen-bond donors (Lipinski definition) is 1. The summed E-state index contributed by atoms with van der Waals surface area (Å²) in [7, 11) is 1.60. The average molecular weight is 368 g/mol. The number of amides is 1. The Bertz CT molecular complexity index is 859. The molecule has 0 saturated carbocycles. The van der Waals surface area contributed by atoms with Gasteiger partial charge in [-0.15, -0.1) is 0 Å². The summed E-state index contributed by atoms with van der Waals surface area (Å²) in [4.78, 5) is 23.3. The minimum atomic E-state index is -0.00939. The second-order valence-electron chi connectivity index (χ2n) is 7.03. The van der Waals surface area contributed by atoms with E-state index in [9.17, 15) is 4.79 Å². The molecule has 0 atom stereocenters. The van der Waals surface area contributed by atoms with Crippen LogP contribution < -0.4 is 19.7 Å². The number of fused-ring (bicyclic) bond motifs is 1. The van der Waals surface area contributed by atoms with Crippen LogP contribution in [0, 0.1) is 13.8 Å². The number of piperidine rings is 1. The molecule has 2 aliphatic heterocycles. The van der Waals surface area contributed by atoms with E-state index >= 15 is 0 Å². The minimum absolute atomic E-state index is 0.00939. The molecule has 142 valence electrons. The van der Waals surface area contributed by atoms with E-state index in [0.29, 0.717) is 12.4 Å². The van der Waals surface area contributed by atoms with Gasteiger partial charge in [0, 0.05) is 32.0 Å². The fourth-order valence-corrected chi connectivity index (χ4v) is 3.76. The molecule has 4 rings (SSSR count). The summed E-state index contributed by atoms with van der Waals surface area (Å²) in [5.41, 5.74) is 3.74. The molecule has 4 heterocycles. The lowest BCUT2D eigenvalue weighted by molar-refractivity contribution is 0.0965. The van der Waals surface area contributed by atoms with Crippen LogP contribution in [0.4, 0.5) is 5.82 Å². The standard InChI is InChI=1S/C20H24N4O3/c1-12-13(2)19(23-16-11-22-20(25)18(12)16)24-8-6-14(7-9-24)27-15-4-5-17(26-3)21-10-15/h4-5,10,14H,6-9,11H2,1-3H3,(H,22,25). The van der Waals surface area contributed by atoms with Crippen molar-refractivity contribution in [2.75, 3.05) is 25.1 Å². The molecule has 0 spiro atoms. The van der Waals surface area contributed by atoms with E-state index in [2.05, 4.69) is 22.1 Å². The zero-order valence-electron chi connectivity index (χ0n) is 15.9. The summed E-state index contributed by atoms with van der Waals surface area (Å²) in [6, 6.07) is 3.69. The van der Waals surface area contributed by atoms with Crippen molar-refractivity contribution in [1.82, 2.24) is 15.3 Å². The van der Waals surface area contributed by atoms with E-state index in [1.54, 1.807) is 19.4 Å². The van der Waals surface area contributed by atoms with Gasteiger partial charge in [-0.2, -0.15) is 0 Å². The molecule has 7 heteroatoms. The summed E-state index contributed by atoms with van der Waals surface area (Å²) in [5, 5.41) is 2.87. The predicted molar refractivity (Wildman–Crippen MR) is 102 cm³/mol. The van der Waals surface area contributed by atoms with Crippen molar-refractivity contribution in [3.05, 3.63) is 40.7 Å². The molecular formula is C20H24N4O3. The first-order chi connectivity index (χ1) is 13.1. The van der Waals surface area contributed by atoms with Crippen LogP contribution in [-0.4, -0.2) is 42.2 Å². The van der Waals surface area contributed by atoms with Gasteiger partial charge in [-0.1, -0.05) is 0 Å². The highest BCUT2D eigenvalue weighted by atomic mass is 16.5. The SMILES string of the molecule is COc1ccc(OC2CCN(c3nc4c(c(C)c3C)C(=O)NC4)CC2)cn1. The molecule has 1 N–H and O–H groups in total. The van der Waals surface area contributed by atoms with Crippen molar-refractivity contribution in [1.29, 1.82) is 0 Å². The first-order valence-electron chi connectivity index (χ1n) is 9.26. The summed E-state index contributed by atoms with van der Waals surface area (Å²) >= 11 is 0. The monoisotopic (exact) mass is 368 g/mol. The molecular weight excluding hydrogens is 344 g/mol. The predicted octanol–water partition coefficient (Wildman–Crippen LogP) is 2.39. The number of ether oxygens (including phenoxy) is 2. The maximum Gasteiger partial charge on any atom is 0.253 e. The van der Waals surface area contributed by atoms with E-state index in [4.69, 9.17) is 14.5 Å². The Labute approximate surface area is 158 Å². The lowest BCUT2D eigenvalue weighted by atomic mass is 10.0. The Morgan fingerprint density at radius 1 is 1.19 bits per heavy atom. The highest BCUT2D eigenvalue weighted by Gasteiger charge is 2.29. The maximum absolute atomic E-state index is 12.0. The van der Waals surface area contributed by atoms with Crippen LogP contribution in [0.1, 0.15) is 40.0 Å². The molecule has 1 amide bonds. The number of nitrogens with zero attached hydrogens (tertiary/aromatic N) is 3. The molecule has 0 unspecified atom stereocenters. The maximum atomic E-state index is 12.0. The normalized spacial score (nSPS) is 16.9. The van der Waals surface area contributed by atoms with Crippen molar-refractivity contribution >= 4 is 11.7 Å². The van der Waals surface area contributed by atoms with Gasteiger partial charge in [-0.3, -0.25) is 4.79 Å². The number of pyridine rings is 2. The van der Waals surface area contributed by atoms with E-state index in [-0.39, 0.29) is 12.0 Å². The summed E-state index contributed by atoms with van der Waals surface area (Å²) in [6.45, 7) is 6.33. The zero-order chi connectivity index (χ0) is 19.0. The largest absolute Gasteiger partial charge is 0.489 e. The lowest BCUT2D eigenvalue weighted by Gasteiger charge is -2.34. The van der Waals surface area contributed by atoms with Crippen LogP contribution in [0.2, 0.25) is 0 Å². The second-order valence-corrected chi connectivity index (χ2v) is 7.03. The molecule has 1 saturated heterocycles. The Kier molecular flexibility index (Phi) is 4.59. The highest BCUT2D eigenvalue weighted by molar-refractivity contribution is 5.99. The molecule has 0 aliphatic carbocycles. The summed E-state index contributed by atoms with van der Waals surface area (Å²) in [5.74, 6) is 2.33. The molecule has 1 fully saturated rings. The Morgan fingerprint density at radius 3 is 2.63 bits per heavy atom. The van der Waals surface area contributed by atoms with Crippen molar-refractivity contribution in [3.8, 4) is 11.6 Å². The van der Waals surface area contributed by atoms with Crippen molar-refractivity contribution in [2.45, 2.75) is 39.3 Å². The van der Waals surface area contributed by atoms with Crippen molar-refractivity contribution in [3.63, 3.8) is 0 Å². The van der Waals surface area contributed by atoms with Gasteiger partial charge in [-0.25, -0.2) is 9.97 Å². The van der Waals surface area contributed by atoms with E-state index in [1.807, 2.05) is 13.0 Å². The molecule has 0 radical (unpaired) electrons. The molecule has 27 heavy (non-hydrogen) atoms. The van der Waals surface area contributed by atoms with Gasteiger partial charge in [0.15, 0.2) is 0 Å². The number of carbonyl (C=O) groups excluding carboxylic acids is 1. The van der Waals surface area contributed by atoms with E-state index in [1.165, 1.54) is 0 Å². The third kappa shape index (κ3) is 3.29. The minimum Gasteiger partial charge on any atom is -0.489 e. The van der Waals surface area contributed by atoms with Gasteiger partial charge in [0.25, 0.3) is 5.91 Å². The van der Waals surface area contributed by atoms with Crippen LogP contribution in [0.25, 0.3) is 0 Å². The van der Waals surface area contributed by atoms with Crippen LogP contribution >= 0.6 is 0 Å². The van der Waals surface area contributed by atoms with Crippen LogP contribution in [0.3, 0.4) is 0 Å². The number of methoxy groups -OCH3 is 1. The highest BCUT2D eigenvalue weighted by Crippen LogP contribution is 2.30. The van der Waals surface area contributed by atoms with Gasteiger partial charge in [-0.05, 0) is 31.0 Å². The Hall–Kier alpha value is -2.83. The molecule has 2 aromatic rings. The molecule has 7 nitrogen and oxygen atoms in total. The molecule has 2 aliphatic rings. The quantitative estimate of drug-likeness (QED) is 0.893. The van der Waals surface area contributed by atoms with Gasteiger partial charge in [0.05, 0.1) is 31.1 Å². The topological polar surface area (TPSA) is 76.6 Å². The number of carbonyl (C=O) groups is 1. The molecule has 2 aromatic heterocycles. The van der Waals surface area contributed by atoms with Crippen LogP contribution in [0.15, 0.2) is 18.3 Å². The number of hydrogen-bond acceptors (Lipinski definition) is 6. The Balaban J connectivity index is 1.43. The number of aromatic nitrogens is 2. The number of nitrogens with one attached hydrogen (secondary N) is 1. The first kappa shape index (κ1) is 17.6. The van der Waals surface area contributed by atoms with Crippen LogP contribution in [-0.2, 0) is 6.54 Å². The Morgan fingerprint density at radius 2 is 1.96 bits per heavy atom. The van der Waals surface area contributed by atoms with Gasteiger partial charge in [0.1, 0.15) is 17.7 Å². The fourth-order valence-electron chi connectivity index (χ4n) is 3.76. The van der Waals surface area contributed by atoms with Crippen molar-refractivity contribution < 1.29 is 14.3 Å². The van der Waals surface area contributed by atoms with Gasteiger partial charge < -0.3 is 19.7 Å². The third-order valence-electron chi connectivity index (χ3n) is 5.41. The average Bonchev–Trinajstić information content (AvgIpc) is 3.07. The summed E-state index contributed by atoms with van der Waals surface area (Å²) < 4.78 is 11.1. The first-order valence-corrected chi connectivity index (χ1v) is 9.26. The number of anilines is 1. The van der Waals surface area contributed by atoms with Crippen molar-refractivity contribution in [2.24, 2.45) is 0 Å². The lowest BCUT2D eigenvalue weighted by Crippen LogP contribution is -2.39. The summed E-state index contributed by atoms with van der Waals surface area (Å²) in [6.07, 6.45) is 3.70. The van der Waals surface area contributed by atoms with Crippen LogP contribution in [0.5, 0.6) is 11.6 Å². The van der Waals surface area contributed by atoms with E-state index < -0.39 is 0 Å². The second kappa shape index (κ2) is 7.06. The van der Waals surface area contributed by atoms with Gasteiger partial charge in [0.2, 0.25) is 5.88 Å². The molecule has 0 bridgehead atoms. The third-order valence-corrected chi connectivity index (χ3v) is 5.41. The fraction of sp³-hybridized carbons (Fsp3) is 0.450. The zero-order valence-corrected chi connectivity index (χ0v) is 15.9. The molecule has 0 aromatic carbocycles. The van der Waals surface area contributed by atoms with Gasteiger partial charge >= 0.3 is 0 Å². The van der Waals surface area contributed by atoms with E-state index in [0.717, 1.165) is 59.9 Å². The number of rotatable bonds is 4. The smallest absolute Gasteiger partial charge is 0.253 e.